The van der Waals surface area contributed by atoms with E-state index in [9.17, 15) is 0 Å². The average Bonchev–Trinajstić information content (AvgIpc) is 2.27. The van der Waals surface area contributed by atoms with Crippen LogP contribution in [-0.2, 0) is 0 Å². The van der Waals surface area contributed by atoms with Gasteiger partial charge in [-0.3, -0.25) is 0 Å². The molecule has 3 nitrogen and oxygen atoms in total. The molecule has 2 aromatic heterocycles. The molecule has 2 heterocycles. The van der Waals surface area contributed by atoms with Crippen LogP contribution in [-0.4, -0.2) is 27.7 Å². The van der Waals surface area contributed by atoms with Crippen LogP contribution in [0.15, 0.2) is 22.9 Å². The van der Waals surface area contributed by atoms with Gasteiger partial charge in [-0.25, -0.2) is 0 Å². The molecule has 4 heteroatoms. The first-order chi connectivity index (χ1) is 4.86. The van der Waals surface area contributed by atoms with Gasteiger partial charge in [-0.1, -0.05) is 0 Å². The topological polar surface area (TPSA) is 38.9 Å². The summed E-state index contributed by atoms with van der Waals surface area (Å²) in [5.41, 5.74) is 1.62. The van der Waals surface area contributed by atoms with E-state index in [-0.39, 0.29) is 0 Å². The zero-order valence-electron chi connectivity index (χ0n) is 5.53. The molecule has 0 amide bonds. The zero-order chi connectivity index (χ0) is 6.97. The van der Waals surface area contributed by atoms with E-state index in [1.807, 2.05) is 17.7 Å². The van der Waals surface area contributed by atoms with Gasteiger partial charge < -0.3 is 0 Å². The van der Waals surface area contributed by atoms with E-state index in [1.54, 1.807) is 18.5 Å². The van der Waals surface area contributed by atoms with Crippen LogP contribution >= 0.6 is 0 Å². The van der Waals surface area contributed by atoms with E-state index >= 15 is 0 Å². The first-order valence-corrected chi connectivity index (χ1v) is 3.03. The molecule has 44 valence electrons. The minimum atomic E-state index is 0.683. The molecule has 0 aromatic carbocycles. The van der Waals surface area contributed by atoms with Crippen molar-refractivity contribution in [2.45, 2.75) is 0 Å². The molecule has 2 aromatic rings. The van der Waals surface area contributed by atoms with Crippen LogP contribution in [0.1, 0.15) is 0 Å². The molecule has 0 N–H and O–H groups in total. The van der Waals surface area contributed by atoms with E-state index in [1.165, 1.54) is 0 Å². The average molecular weight is 126 g/mol. The van der Waals surface area contributed by atoms with Crippen molar-refractivity contribution < 1.29 is 4.42 Å². The van der Waals surface area contributed by atoms with Crippen LogP contribution in [0.2, 0.25) is 0 Å². The monoisotopic (exact) mass is 126 g/mol. The molecule has 0 atom stereocenters. The summed E-state index contributed by atoms with van der Waals surface area (Å²) in [5.74, 6) is 0. The predicted octanol–water partition coefficient (Wildman–Crippen LogP) is 0.0166. The van der Waals surface area contributed by atoms with Crippen molar-refractivity contribution in [1.82, 2.24) is 9.97 Å². The molecule has 0 unspecified atom stereocenters. The summed E-state index contributed by atoms with van der Waals surface area (Å²) in [6.07, 6.45) is 3.37. The standard InChI is InChI=1S/C6H3N2O.Li/c1-2-7-3-5-6(1)9-4-8-5;/h1-3H;. The normalized spacial score (nSPS) is 10.6. The van der Waals surface area contributed by atoms with Crippen LogP contribution < -0.4 is 4.56 Å². The Kier molecular flexibility index (Phi) is 1.26. The number of fused-ring (bicyclic) bond motifs is 1. The quantitative estimate of drug-likeness (QED) is 0.467. The minimum absolute atomic E-state index is 0.683. The van der Waals surface area contributed by atoms with E-state index in [4.69, 9.17) is 4.42 Å². The van der Waals surface area contributed by atoms with Crippen molar-refractivity contribution >= 4 is 33.4 Å². The molecule has 0 bridgehead atoms. The summed E-state index contributed by atoms with van der Waals surface area (Å²) < 4.78 is 5.90. The molecule has 0 aliphatic rings. The maximum absolute atomic E-state index is 5.22. The number of oxazole rings is 1. The second kappa shape index (κ2) is 2.12. The van der Waals surface area contributed by atoms with E-state index in [0.29, 0.717) is 4.56 Å². The van der Waals surface area contributed by atoms with Crippen molar-refractivity contribution in [3.8, 4) is 0 Å². The molecular formula is C6H3LiN2O. The fraction of sp³-hybridized carbons (Fsp3) is 0. The van der Waals surface area contributed by atoms with E-state index in [2.05, 4.69) is 9.97 Å². The fourth-order valence-electron chi connectivity index (χ4n) is 0.895. The zero-order valence-corrected chi connectivity index (χ0v) is 5.53. The first kappa shape index (κ1) is 5.96. The van der Waals surface area contributed by atoms with Gasteiger partial charge in [0.15, 0.2) is 0 Å². The summed E-state index contributed by atoms with van der Waals surface area (Å²) in [4.78, 5) is 7.99. The third kappa shape index (κ3) is 0.841. The molecule has 0 saturated heterocycles. The van der Waals surface area contributed by atoms with Gasteiger partial charge in [0.25, 0.3) is 0 Å². The van der Waals surface area contributed by atoms with Gasteiger partial charge in [0.05, 0.1) is 0 Å². The number of pyridine rings is 1. The Balaban J connectivity index is 2.88. The van der Waals surface area contributed by atoms with E-state index in [0.717, 1.165) is 11.1 Å². The second-order valence-electron chi connectivity index (χ2n) is 2.08. The van der Waals surface area contributed by atoms with Gasteiger partial charge in [-0.15, -0.1) is 0 Å². The molecule has 10 heavy (non-hydrogen) atoms. The Morgan fingerprint density at radius 2 is 2.40 bits per heavy atom. The summed E-state index contributed by atoms with van der Waals surface area (Å²) in [7, 11) is 0. The van der Waals surface area contributed by atoms with Crippen molar-refractivity contribution in [1.29, 1.82) is 0 Å². The number of rotatable bonds is 0. The van der Waals surface area contributed by atoms with Crippen LogP contribution in [0.5, 0.6) is 0 Å². The number of nitrogens with zero attached hydrogens (tertiary/aromatic N) is 2. The summed E-state index contributed by atoms with van der Waals surface area (Å²) >= 11 is 1.82. The Bertz CT molecular complexity index is 324. The number of hydrogen-bond acceptors (Lipinski definition) is 3. The van der Waals surface area contributed by atoms with Crippen LogP contribution in [0.4, 0.5) is 0 Å². The number of aromatic nitrogens is 2. The summed E-state index contributed by atoms with van der Waals surface area (Å²) in [6, 6.07) is 1.80. The Morgan fingerprint density at radius 1 is 1.50 bits per heavy atom. The third-order valence-electron chi connectivity index (χ3n) is 1.30. The van der Waals surface area contributed by atoms with Gasteiger partial charge in [-0.2, -0.15) is 0 Å². The SMILES string of the molecule is [Li][c]1nc2cnccc2o1. The van der Waals surface area contributed by atoms with E-state index < -0.39 is 0 Å². The van der Waals surface area contributed by atoms with Crippen LogP contribution in [0.3, 0.4) is 0 Å². The molecule has 0 aliphatic heterocycles. The van der Waals surface area contributed by atoms with Crippen molar-refractivity contribution in [2.24, 2.45) is 0 Å². The fourth-order valence-corrected chi connectivity index (χ4v) is 0.895. The summed E-state index contributed by atoms with van der Waals surface area (Å²) in [5, 5.41) is 0. The molecule has 0 fully saturated rings. The molecule has 0 saturated carbocycles. The molecule has 2 rings (SSSR count). The molecule has 0 spiro atoms. The van der Waals surface area contributed by atoms with Gasteiger partial charge >= 0.3 is 66.2 Å². The van der Waals surface area contributed by atoms with Gasteiger partial charge in [0.1, 0.15) is 0 Å². The maximum atomic E-state index is 5.22. The molecule has 0 radical (unpaired) electrons. The van der Waals surface area contributed by atoms with Gasteiger partial charge in [0.2, 0.25) is 0 Å². The van der Waals surface area contributed by atoms with Gasteiger partial charge in [-0.05, 0) is 0 Å². The Morgan fingerprint density at radius 3 is 3.20 bits per heavy atom. The predicted molar refractivity (Wildman–Crippen MR) is 37.2 cm³/mol. The third-order valence-corrected chi connectivity index (χ3v) is 1.30. The Hall–Kier alpha value is -0.783. The van der Waals surface area contributed by atoms with Crippen LogP contribution in [0.25, 0.3) is 11.1 Å². The van der Waals surface area contributed by atoms with Crippen molar-refractivity contribution in [2.75, 3.05) is 0 Å². The second-order valence-corrected chi connectivity index (χ2v) is 2.08. The molecule has 0 aliphatic carbocycles. The van der Waals surface area contributed by atoms with Gasteiger partial charge in [0, 0.05) is 0 Å². The van der Waals surface area contributed by atoms with Crippen molar-refractivity contribution in [3.63, 3.8) is 0 Å². The molecular weight excluding hydrogens is 123 g/mol. The summed E-state index contributed by atoms with van der Waals surface area (Å²) in [6.45, 7) is 0. The van der Waals surface area contributed by atoms with Crippen molar-refractivity contribution in [3.05, 3.63) is 18.5 Å². The number of hydrogen-bond donors (Lipinski definition) is 0. The Labute approximate surface area is 66.7 Å². The van der Waals surface area contributed by atoms with Crippen LogP contribution in [0, 0.1) is 0 Å². The first-order valence-electron chi connectivity index (χ1n) is 3.03.